The average molecular weight is 511 g/mol. The van der Waals surface area contributed by atoms with Gasteiger partial charge in [0.1, 0.15) is 16.2 Å². The van der Waals surface area contributed by atoms with Crippen LogP contribution in [0.15, 0.2) is 40.6 Å². The lowest BCUT2D eigenvalue weighted by molar-refractivity contribution is -0.384. The normalized spacial score (nSPS) is 13.9. The summed E-state index contributed by atoms with van der Waals surface area (Å²) in [4.78, 5) is 20.2. The van der Waals surface area contributed by atoms with E-state index >= 15 is 0 Å². The Hall–Kier alpha value is -1.72. The van der Waals surface area contributed by atoms with Gasteiger partial charge in [0.25, 0.3) is 15.7 Å². The van der Waals surface area contributed by atoms with Gasteiger partial charge in [0.05, 0.1) is 14.6 Å². The highest BCUT2D eigenvalue weighted by Crippen LogP contribution is 2.44. The molecule has 3 rings (SSSR count). The quantitative estimate of drug-likeness (QED) is 0.261. The van der Waals surface area contributed by atoms with E-state index in [1.54, 1.807) is 0 Å². The van der Waals surface area contributed by atoms with Crippen molar-refractivity contribution >= 4 is 67.9 Å². The number of hydrogen-bond acceptors (Lipinski definition) is 7. The maximum absolute atomic E-state index is 12.6. The molecule has 9 nitrogen and oxygen atoms in total. The summed E-state index contributed by atoms with van der Waals surface area (Å²) < 4.78 is 44.8. The molecule has 0 aliphatic rings. The van der Waals surface area contributed by atoms with Crippen molar-refractivity contribution in [1.82, 2.24) is 4.72 Å². The number of non-ortho nitro benzene ring substituents is 1. The van der Waals surface area contributed by atoms with E-state index in [0.717, 1.165) is 17.4 Å². The summed E-state index contributed by atoms with van der Waals surface area (Å²) in [5, 5.41) is 11.9. The van der Waals surface area contributed by atoms with Crippen molar-refractivity contribution in [2.24, 2.45) is 0 Å². The number of halogens is 2. The van der Waals surface area contributed by atoms with Gasteiger partial charge in [-0.1, -0.05) is 23.2 Å². The lowest BCUT2D eigenvalue weighted by Gasteiger charge is -2.15. The minimum atomic E-state index is -4.46. The molecule has 0 aliphatic carbocycles. The van der Waals surface area contributed by atoms with E-state index in [1.807, 2.05) is 4.72 Å². The topological polar surface area (TPSA) is 136 Å². The second-order valence-electron chi connectivity index (χ2n) is 6.08. The Balaban J connectivity index is 1.78. The summed E-state index contributed by atoms with van der Waals surface area (Å²) in [6.45, 7) is 1.46. The number of benzene rings is 2. The molecule has 0 bridgehead atoms. The van der Waals surface area contributed by atoms with Gasteiger partial charge in [0.15, 0.2) is 0 Å². The summed E-state index contributed by atoms with van der Waals surface area (Å²) in [5.41, 5.74) is 0.0329. The number of nitrogens with one attached hydrogen (secondary N) is 1. The molecule has 0 saturated heterocycles. The molecule has 1 aromatic heterocycles. The first-order valence-electron chi connectivity index (χ1n) is 8.03. The van der Waals surface area contributed by atoms with Gasteiger partial charge in [-0.15, -0.1) is 11.3 Å². The van der Waals surface area contributed by atoms with Gasteiger partial charge < -0.3 is 9.42 Å². The summed E-state index contributed by atoms with van der Waals surface area (Å²) in [5.74, 6) is -0.0777. The molecule has 30 heavy (non-hydrogen) atoms. The van der Waals surface area contributed by atoms with Crippen LogP contribution in [-0.4, -0.2) is 24.5 Å². The van der Waals surface area contributed by atoms with Crippen molar-refractivity contribution in [2.45, 2.75) is 11.1 Å². The SMILES string of the molecule is Cc1cc([N+](=O)[O-])ccc1OP(=O)(O)CNS(=O)(=O)c1cc2c(Cl)ccc(Cl)c2s1. The zero-order valence-corrected chi connectivity index (χ0v) is 19.1. The van der Waals surface area contributed by atoms with Crippen LogP contribution in [0.25, 0.3) is 10.1 Å². The van der Waals surface area contributed by atoms with Crippen LogP contribution < -0.4 is 9.25 Å². The number of hydrogen-bond donors (Lipinski definition) is 2. The van der Waals surface area contributed by atoms with E-state index in [4.69, 9.17) is 27.7 Å². The van der Waals surface area contributed by atoms with Crippen LogP contribution in [0.5, 0.6) is 5.75 Å². The first-order valence-corrected chi connectivity index (χ1v) is 12.9. The summed E-state index contributed by atoms with van der Waals surface area (Å²) in [6, 6.07) is 7.84. The molecule has 1 heterocycles. The minimum absolute atomic E-state index is 0.0777. The van der Waals surface area contributed by atoms with E-state index in [2.05, 4.69) is 0 Å². The largest absolute Gasteiger partial charge is 0.423 e. The second kappa shape index (κ2) is 8.43. The molecule has 0 fully saturated rings. The minimum Gasteiger partial charge on any atom is -0.423 e. The van der Waals surface area contributed by atoms with E-state index in [0.29, 0.717) is 20.1 Å². The summed E-state index contributed by atoms with van der Waals surface area (Å²) in [7, 11) is -8.62. The molecule has 2 aromatic carbocycles. The molecular formula is C16H13Cl2N2O7PS2. The average Bonchev–Trinajstić information content (AvgIpc) is 3.13. The Labute approximate surface area is 184 Å². The van der Waals surface area contributed by atoms with Crippen LogP contribution in [0.2, 0.25) is 10.0 Å². The molecule has 0 amide bonds. The highest BCUT2D eigenvalue weighted by molar-refractivity contribution is 7.92. The summed E-state index contributed by atoms with van der Waals surface area (Å²) in [6.07, 6.45) is -0.915. The number of nitrogens with zero attached hydrogens (tertiary/aromatic N) is 1. The number of sulfonamides is 1. The molecule has 0 radical (unpaired) electrons. The highest BCUT2D eigenvalue weighted by atomic mass is 35.5. The third-order valence-electron chi connectivity index (χ3n) is 3.89. The van der Waals surface area contributed by atoms with E-state index in [1.165, 1.54) is 37.3 Å². The van der Waals surface area contributed by atoms with Gasteiger partial charge in [0.2, 0.25) is 0 Å². The highest BCUT2D eigenvalue weighted by Gasteiger charge is 2.28. The molecule has 14 heteroatoms. The fourth-order valence-electron chi connectivity index (χ4n) is 2.44. The number of thiophene rings is 1. The van der Waals surface area contributed by atoms with Gasteiger partial charge in [-0.25, -0.2) is 13.0 Å². The van der Waals surface area contributed by atoms with Crippen molar-refractivity contribution in [3.63, 3.8) is 0 Å². The third kappa shape index (κ3) is 4.94. The molecule has 0 spiro atoms. The number of fused-ring (bicyclic) bond motifs is 1. The van der Waals surface area contributed by atoms with Crippen LogP contribution in [-0.2, 0) is 14.6 Å². The molecule has 0 saturated carbocycles. The van der Waals surface area contributed by atoms with Gasteiger partial charge in [-0.2, -0.15) is 4.72 Å². The van der Waals surface area contributed by atoms with Crippen LogP contribution in [0.4, 0.5) is 5.69 Å². The van der Waals surface area contributed by atoms with Crippen molar-refractivity contribution < 1.29 is 27.3 Å². The molecule has 2 N–H and O–H groups in total. The number of nitro groups is 1. The Morgan fingerprint density at radius 1 is 1.23 bits per heavy atom. The van der Waals surface area contributed by atoms with E-state index < -0.39 is 28.8 Å². The van der Waals surface area contributed by atoms with E-state index in [-0.39, 0.29) is 21.2 Å². The van der Waals surface area contributed by atoms with Crippen molar-refractivity contribution in [2.75, 3.05) is 6.29 Å². The zero-order valence-electron chi connectivity index (χ0n) is 15.0. The van der Waals surface area contributed by atoms with E-state index in [9.17, 15) is 28.0 Å². The standard InChI is InChI=1S/C16H13Cl2N2O7PS2/c1-9-6-10(20(21)22)2-5-14(9)27-28(23,24)8-19-30(25,26)15-7-11-12(17)3-4-13(18)16(11)29-15/h2-7,19H,8H2,1H3,(H,23,24). The molecule has 160 valence electrons. The Bertz CT molecular complexity index is 1270. The smallest absolute Gasteiger partial charge is 0.391 e. The zero-order chi connectivity index (χ0) is 22.3. The first-order chi connectivity index (χ1) is 13.9. The lowest BCUT2D eigenvalue weighted by Crippen LogP contribution is -2.25. The van der Waals surface area contributed by atoms with Crippen LogP contribution >= 0.6 is 42.1 Å². The Morgan fingerprint density at radius 2 is 1.90 bits per heavy atom. The fraction of sp³-hybridized carbons (Fsp3) is 0.125. The number of rotatable bonds is 7. The fourth-order valence-corrected chi connectivity index (χ4v) is 7.00. The van der Waals surface area contributed by atoms with Crippen molar-refractivity contribution in [1.29, 1.82) is 0 Å². The van der Waals surface area contributed by atoms with Crippen LogP contribution in [0.1, 0.15) is 5.56 Å². The molecule has 1 atom stereocenters. The number of aryl methyl sites for hydroxylation is 1. The predicted octanol–water partition coefficient (Wildman–Crippen LogP) is 4.92. The predicted molar refractivity (Wildman–Crippen MR) is 115 cm³/mol. The molecule has 0 aliphatic heterocycles. The second-order valence-corrected chi connectivity index (χ2v) is 11.7. The monoisotopic (exact) mass is 510 g/mol. The van der Waals surface area contributed by atoms with Gasteiger partial charge in [-0.3, -0.25) is 10.1 Å². The van der Waals surface area contributed by atoms with Crippen LogP contribution in [0, 0.1) is 17.0 Å². The number of nitro benzene ring substituents is 1. The van der Waals surface area contributed by atoms with Crippen LogP contribution in [0.3, 0.4) is 0 Å². The summed E-state index contributed by atoms with van der Waals surface area (Å²) >= 11 is 13.0. The van der Waals surface area contributed by atoms with Gasteiger partial charge in [-0.05, 0) is 36.8 Å². The first kappa shape index (κ1) is 23.0. The maximum Gasteiger partial charge on any atom is 0.391 e. The maximum atomic E-state index is 12.6. The van der Waals surface area contributed by atoms with Crippen molar-refractivity contribution in [3.8, 4) is 5.75 Å². The van der Waals surface area contributed by atoms with Crippen molar-refractivity contribution in [3.05, 3.63) is 62.1 Å². The third-order valence-corrected chi connectivity index (χ3v) is 8.94. The molecule has 1 unspecified atom stereocenters. The molecule has 3 aromatic rings. The van der Waals surface area contributed by atoms with Gasteiger partial charge >= 0.3 is 7.60 Å². The lowest BCUT2D eigenvalue weighted by atomic mass is 10.2. The molecular weight excluding hydrogens is 498 g/mol. The Morgan fingerprint density at radius 3 is 2.50 bits per heavy atom. The Kier molecular flexibility index (Phi) is 6.45. The van der Waals surface area contributed by atoms with Gasteiger partial charge in [0, 0.05) is 22.5 Å².